The van der Waals surface area contributed by atoms with Gasteiger partial charge in [0.25, 0.3) is 10.0 Å². The molecule has 1 fully saturated rings. The summed E-state index contributed by atoms with van der Waals surface area (Å²) in [6.07, 6.45) is 2.73. The molecule has 0 aliphatic carbocycles. The lowest BCUT2D eigenvalue weighted by Crippen LogP contribution is -2.35. The molecule has 17 heavy (non-hydrogen) atoms. The monoisotopic (exact) mass is 258 g/mol. The Morgan fingerprint density at radius 3 is 2.65 bits per heavy atom. The third kappa shape index (κ3) is 2.22. The maximum absolute atomic E-state index is 12.2. The van der Waals surface area contributed by atoms with Crippen molar-refractivity contribution in [1.29, 1.82) is 0 Å². The Balaban J connectivity index is 2.21. The second kappa shape index (κ2) is 4.40. The van der Waals surface area contributed by atoms with E-state index >= 15 is 0 Å². The van der Waals surface area contributed by atoms with Gasteiger partial charge < -0.3 is 9.88 Å². The molecular formula is C10H18N4O2S. The Kier molecular flexibility index (Phi) is 3.24. The Bertz CT molecular complexity index is 469. The lowest BCUT2D eigenvalue weighted by molar-refractivity contribution is 0.263. The summed E-state index contributed by atoms with van der Waals surface area (Å²) in [6, 6.07) is 0.271. The highest BCUT2D eigenvalue weighted by Crippen LogP contribution is 2.25. The third-order valence-electron chi connectivity index (χ3n) is 3.29. The number of rotatable bonds is 3. The summed E-state index contributed by atoms with van der Waals surface area (Å²) in [7, 11) is 0.553. The molecule has 6 nitrogen and oxygen atoms in total. The predicted molar refractivity (Wildman–Crippen MR) is 64.0 cm³/mol. The highest BCUT2D eigenvalue weighted by Gasteiger charge is 2.38. The van der Waals surface area contributed by atoms with Crippen molar-refractivity contribution >= 4 is 10.0 Å². The number of hydrogen-bond donors (Lipinski definition) is 1. The van der Waals surface area contributed by atoms with E-state index in [2.05, 4.69) is 21.8 Å². The van der Waals surface area contributed by atoms with E-state index in [1.54, 1.807) is 0 Å². The second-order valence-electron chi connectivity index (χ2n) is 4.75. The van der Waals surface area contributed by atoms with Gasteiger partial charge in [-0.15, -0.1) is 0 Å². The van der Waals surface area contributed by atoms with Gasteiger partial charge in [0.15, 0.2) is 5.03 Å². The number of nitrogens with zero attached hydrogens (tertiary/aromatic N) is 3. The standard InChI is InChI=1S/C10H18N4O2S/c1-8-5-14(6-9(8)13(2)3)17(15,16)10-4-11-7-12-10/h4,7-9H,5-6H2,1-3H3,(H,11,12). The van der Waals surface area contributed by atoms with E-state index < -0.39 is 10.0 Å². The normalized spacial score (nSPS) is 26.8. The smallest absolute Gasteiger partial charge is 0.260 e. The van der Waals surface area contributed by atoms with Crippen molar-refractivity contribution in [2.24, 2.45) is 5.92 Å². The second-order valence-corrected chi connectivity index (χ2v) is 6.65. The minimum atomic E-state index is -3.41. The number of likely N-dealkylation sites (N-methyl/N-ethyl adjacent to an activating group) is 1. The molecule has 1 saturated heterocycles. The zero-order chi connectivity index (χ0) is 12.6. The predicted octanol–water partition coefficient (Wildman–Crippen LogP) is -0.0197. The lowest BCUT2D eigenvalue weighted by atomic mass is 10.1. The van der Waals surface area contributed by atoms with Crippen LogP contribution in [0.15, 0.2) is 17.6 Å². The Morgan fingerprint density at radius 1 is 1.47 bits per heavy atom. The van der Waals surface area contributed by atoms with Crippen LogP contribution in [0.1, 0.15) is 6.92 Å². The van der Waals surface area contributed by atoms with Crippen molar-refractivity contribution in [3.05, 3.63) is 12.5 Å². The van der Waals surface area contributed by atoms with Crippen molar-refractivity contribution in [3.63, 3.8) is 0 Å². The van der Waals surface area contributed by atoms with Gasteiger partial charge in [0, 0.05) is 19.1 Å². The van der Waals surface area contributed by atoms with Crippen LogP contribution in [0.25, 0.3) is 0 Å². The maximum atomic E-state index is 12.2. The molecule has 1 aliphatic heterocycles. The summed E-state index contributed by atoms with van der Waals surface area (Å²) in [4.78, 5) is 8.50. The van der Waals surface area contributed by atoms with E-state index in [0.717, 1.165) is 0 Å². The molecule has 0 saturated carbocycles. The summed E-state index contributed by atoms with van der Waals surface area (Å²) in [5, 5.41) is 0.170. The van der Waals surface area contributed by atoms with Crippen LogP contribution in [-0.4, -0.2) is 60.8 Å². The first-order chi connectivity index (χ1) is 7.93. The van der Waals surface area contributed by atoms with Crippen molar-refractivity contribution < 1.29 is 8.42 Å². The van der Waals surface area contributed by atoms with E-state index in [0.29, 0.717) is 19.0 Å². The average Bonchev–Trinajstić information content (AvgIpc) is 2.84. The van der Waals surface area contributed by atoms with Crippen LogP contribution in [0, 0.1) is 5.92 Å². The van der Waals surface area contributed by atoms with Gasteiger partial charge in [0.05, 0.1) is 12.5 Å². The van der Waals surface area contributed by atoms with Gasteiger partial charge in [-0.25, -0.2) is 13.4 Å². The van der Waals surface area contributed by atoms with Gasteiger partial charge in [-0.2, -0.15) is 4.31 Å². The number of aromatic amines is 1. The lowest BCUT2D eigenvalue weighted by Gasteiger charge is -2.22. The molecule has 96 valence electrons. The third-order valence-corrected chi connectivity index (χ3v) is 5.05. The molecule has 0 bridgehead atoms. The molecule has 2 heterocycles. The van der Waals surface area contributed by atoms with E-state index in [4.69, 9.17) is 0 Å². The molecule has 2 rings (SSSR count). The highest BCUT2D eigenvalue weighted by molar-refractivity contribution is 7.89. The number of imidazole rings is 1. The SMILES string of the molecule is CC1CN(S(=O)(=O)c2cnc[nH]2)CC1N(C)C. The summed E-state index contributed by atoms with van der Waals surface area (Å²) in [5.41, 5.74) is 0. The molecule has 0 aromatic carbocycles. The fraction of sp³-hybridized carbons (Fsp3) is 0.700. The Labute approximate surface area is 102 Å². The molecule has 2 unspecified atom stereocenters. The largest absolute Gasteiger partial charge is 0.335 e. The first kappa shape index (κ1) is 12.5. The van der Waals surface area contributed by atoms with Gasteiger partial charge in [0.1, 0.15) is 0 Å². The first-order valence-electron chi connectivity index (χ1n) is 5.58. The van der Waals surface area contributed by atoms with E-state index in [9.17, 15) is 8.42 Å². The Hall–Kier alpha value is -0.920. The quantitative estimate of drug-likeness (QED) is 0.827. The molecular weight excluding hydrogens is 240 g/mol. The van der Waals surface area contributed by atoms with Gasteiger partial charge in [-0.05, 0) is 20.0 Å². The van der Waals surface area contributed by atoms with Gasteiger partial charge in [-0.1, -0.05) is 6.92 Å². The van der Waals surface area contributed by atoms with Crippen LogP contribution < -0.4 is 0 Å². The molecule has 1 aromatic rings. The van der Waals surface area contributed by atoms with Crippen LogP contribution >= 0.6 is 0 Å². The Morgan fingerprint density at radius 2 is 2.18 bits per heavy atom. The van der Waals surface area contributed by atoms with Crippen molar-refractivity contribution in [2.75, 3.05) is 27.2 Å². The van der Waals surface area contributed by atoms with Crippen LogP contribution in [-0.2, 0) is 10.0 Å². The molecule has 0 spiro atoms. The number of nitrogens with one attached hydrogen (secondary N) is 1. The first-order valence-corrected chi connectivity index (χ1v) is 7.02. The number of sulfonamides is 1. The zero-order valence-corrected chi connectivity index (χ0v) is 11.1. The number of aromatic nitrogens is 2. The van der Waals surface area contributed by atoms with Gasteiger partial charge in [0.2, 0.25) is 0 Å². The molecule has 2 atom stereocenters. The van der Waals surface area contributed by atoms with Crippen molar-refractivity contribution in [2.45, 2.75) is 18.0 Å². The van der Waals surface area contributed by atoms with E-state index in [-0.39, 0.29) is 11.1 Å². The summed E-state index contributed by atoms with van der Waals surface area (Å²) < 4.78 is 26.0. The van der Waals surface area contributed by atoms with E-state index in [1.165, 1.54) is 16.8 Å². The molecule has 0 radical (unpaired) electrons. The fourth-order valence-electron chi connectivity index (χ4n) is 2.30. The summed E-state index contributed by atoms with van der Waals surface area (Å²) >= 11 is 0. The molecule has 7 heteroatoms. The fourth-order valence-corrected chi connectivity index (χ4v) is 3.75. The van der Waals surface area contributed by atoms with Crippen LogP contribution in [0.5, 0.6) is 0 Å². The molecule has 0 amide bonds. The molecule has 1 aromatic heterocycles. The van der Waals surface area contributed by atoms with Crippen molar-refractivity contribution in [3.8, 4) is 0 Å². The van der Waals surface area contributed by atoms with Gasteiger partial charge >= 0.3 is 0 Å². The highest BCUT2D eigenvalue weighted by atomic mass is 32.2. The number of hydrogen-bond acceptors (Lipinski definition) is 4. The maximum Gasteiger partial charge on any atom is 0.260 e. The van der Waals surface area contributed by atoms with Crippen molar-refractivity contribution in [1.82, 2.24) is 19.2 Å². The topological polar surface area (TPSA) is 69.3 Å². The van der Waals surface area contributed by atoms with Crippen LogP contribution in [0.2, 0.25) is 0 Å². The average molecular weight is 258 g/mol. The minimum absolute atomic E-state index is 0.170. The van der Waals surface area contributed by atoms with Crippen LogP contribution in [0.3, 0.4) is 0 Å². The van der Waals surface area contributed by atoms with Crippen LogP contribution in [0.4, 0.5) is 0 Å². The zero-order valence-electron chi connectivity index (χ0n) is 10.3. The van der Waals surface area contributed by atoms with E-state index in [1.807, 2.05) is 14.1 Å². The van der Waals surface area contributed by atoms with Gasteiger partial charge in [-0.3, -0.25) is 0 Å². The molecule has 1 N–H and O–H groups in total. The summed E-state index contributed by atoms with van der Waals surface area (Å²) in [6.45, 7) is 3.17. The molecule has 1 aliphatic rings. The number of H-pyrrole nitrogens is 1. The summed E-state index contributed by atoms with van der Waals surface area (Å²) in [5.74, 6) is 0.336. The minimum Gasteiger partial charge on any atom is -0.335 e.